The number of rotatable bonds is 0. The molecule has 0 saturated carbocycles. The zero-order valence-electron chi connectivity index (χ0n) is 10.1. The Bertz CT molecular complexity index is 699. The molecule has 2 atom stereocenters. The lowest BCUT2D eigenvalue weighted by atomic mass is 9.77. The van der Waals surface area contributed by atoms with Crippen LogP contribution in [0.3, 0.4) is 0 Å². The van der Waals surface area contributed by atoms with E-state index in [9.17, 15) is 4.79 Å². The quantitative estimate of drug-likeness (QED) is 0.730. The second-order valence-corrected chi connectivity index (χ2v) is 5.06. The SMILES string of the molecule is NC1c2ccccc2CC12C(=O)Nc1ncncc12. The summed E-state index contributed by atoms with van der Waals surface area (Å²) in [6, 6.07) is 7.59. The van der Waals surface area contributed by atoms with Crippen molar-refractivity contribution in [1.29, 1.82) is 0 Å². The highest BCUT2D eigenvalue weighted by Crippen LogP contribution is 2.51. The Hall–Kier alpha value is -2.27. The predicted molar refractivity (Wildman–Crippen MR) is 69.4 cm³/mol. The topological polar surface area (TPSA) is 80.9 Å². The molecule has 4 rings (SSSR count). The van der Waals surface area contributed by atoms with Crippen LogP contribution in [0.25, 0.3) is 0 Å². The van der Waals surface area contributed by atoms with Crippen LogP contribution in [-0.4, -0.2) is 15.9 Å². The molecule has 94 valence electrons. The van der Waals surface area contributed by atoms with Crippen molar-refractivity contribution < 1.29 is 4.79 Å². The van der Waals surface area contributed by atoms with Crippen LogP contribution < -0.4 is 11.1 Å². The molecular weight excluding hydrogens is 240 g/mol. The van der Waals surface area contributed by atoms with Crippen LogP contribution in [0.15, 0.2) is 36.8 Å². The minimum atomic E-state index is -0.750. The molecule has 1 aromatic carbocycles. The molecule has 1 aromatic heterocycles. The van der Waals surface area contributed by atoms with Crippen LogP contribution in [0.4, 0.5) is 5.82 Å². The summed E-state index contributed by atoms with van der Waals surface area (Å²) in [5, 5.41) is 2.83. The maximum atomic E-state index is 12.5. The molecule has 19 heavy (non-hydrogen) atoms. The molecule has 1 aliphatic carbocycles. The lowest BCUT2D eigenvalue weighted by Gasteiger charge is -2.26. The molecular formula is C14H12N4O. The van der Waals surface area contributed by atoms with Crippen LogP contribution in [0, 0.1) is 0 Å². The van der Waals surface area contributed by atoms with Crippen molar-refractivity contribution in [2.24, 2.45) is 5.73 Å². The maximum Gasteiger partial charge on any atom is 0.238 e. The molecule has 1 amide bonds. The first-order chi connectivity index (χ1) is 9.23. The highest BCUT2D eigenvalue weighted by molar-refractivity contribution is 6.06. The second kappa shape index (κ2) is 3.39. The summed E-state index contributed by atoms with van der Waals surface area (Å²) in [5.74, 6) is 0.509. The van der Waals surface area contributed by atoms with Gasteiger partial charge in [0.25, 0.3) is 0 Å². The average molecular weight is 252 g/mol. The minimum absolute atomic E-state index is 0.0771. The lowest BCUT2D eigenvalue weighted by Crippen LogP contribution is -2.42. The van der Waals surface area contributed by atoms with E-state index >= 15 is 0 Å². The van der Waals surface area contributed by atoms with Crippen LogP contribution >= 0.6 is 0 Å². The Morgan fingerprint density at radius 2 is 2.21 bits per heavy atom. The van der Waals surface area contributed by atoms with Gasteiger partial charge in [0.1, 0.15) is 17.6 Å². The third-order valence-electron chi connectivity index (χ3n) is 4.22. The minimum Gasteiger partial charge on any atom is -0.323 e. The van der Waals surface area contributed by atoms with E-state index in [2.05, 4.69) is 15.3 Å². The number of nitrogens with zero attached hydrogens (tertiary/aromatic N) is 2. The van der Waals surface area contributed by atoms with E-state index in [4.69, 9.17) is 5.73 Å². The highest BCUT2D eigenvalue weighted by atomic mass is 16.2. The molecule has 0 fully saturated rings. The number of carbonyl (C=O) groups is 1. The van der Waals surface area contributed by atoms with E-state index in [1.165, 1.54) is 6.33 Å². The molecule has 1 spiro atoms. The summed E-state index contributed by atoms with van der Waals surface area (Å²) >= 11 is 0. The molecule has 1 aliphatic heterocycles. The number of fused-ring (bicyclic) bond motifs is 3. The van der Waals surface area contributed by atoms with Crippen molar-refractivity contribution >= 4 is 11.7 Å². The van der Waals surface area contributed by atoms with E-state index in [0.717, 1.165) is 16.7 Å². The van der Waals surface area contributed by atoms with E-state index in [1.54, 1.807) is 6.20 Å². The number of nitrogens with two attached hydrogens (primary N) is 1. The summed E-state index contributed by atoms with van der Waals surface area (Å²) in [6.07, 6.45) is 3.74. The van der Waals surface area contributed by atoms with Crippen LogP contribution in [0.5, 0.6) is 0 Å². The lowest BCUT2D eigenvalue weighted by molar-refractivity contribution is -0.121. The van der Waals surface area contributed by atoms with Gasteiger partial charge in [0.2, 0.25) is 5.91 Å². The van der Waals surface area contributed by atoms with Gasteiger partial charge in [0.05, 0.1) is 0 Å². The monoisotopic (exact) mass is 252 g/mol. The zero-order valence-corrected chi connectivity index (χ0v) is 10.1. The van der Waals surface area contributed by atoms with Gasteiger partial charge < -0.3 is 11.1 Å². The molecule has 2 unspecified atom stereocenters. The molecule has 2 aliphatic rings. The van der Waals surface area contributed by atoms with Crippen molar-refractivity contribution in [2.45, 2.75) is 17.9 Å². The van der Waals surface area contributed by atoms with Gasteiger partial charge in [-0.15, -0.1) is 0 Å². The van der Waals surface area contributed by atoms with Gasteiger partial charge in [0.15, 0.2) is 0 Å². The van der Waals surface area contributed by atoms with Crippen molar-refractivity contribution in [3.8, 4) is 0 Å². The van der Waals surface area contributed by atoms with Gasteiger partial charge in [-0.1, -0.05) is 24.3 Å². The van der Waals surface area contributed by atoms with Crippen molar-refractivity contribution in [2.75, 3.05) is 5.32 Å². The first kappa shape index (κ1) is 10.6. The predicted octanol–water partition coefficient (Wildman–Crippen LogP) is 0.923. The molecule has 2 heterocycles. The van der Waals surface area contributed by atoms with Gasteiger partial charge in [-0.2, -0.15) is 0 Å². The first-order valence-corrected chi connectivity index (χ1v) is 6.19. The normalized spacial score (nSPS) is 27.2. The van der Waals surface area contributed by atoms with E-state index in [0.29, 0.717) is 12.2 Å². The molecule has 2 aromatic rings. The molecule has 0 saturated heterocycles. The fourth-order valence-electron chi connectivity index (χ4n) is 3.26. The van der Waals surface area contributed by atoms with Crippen LogP contribution in [0.1, 0.15) is 22.7 Å². The van der Waals surface area contributed by atoms with Gasteiger partial charge in [-0.05, 0) is 17.5 Å². The number of aromatic nitrogens is 2. The second-order valence-electron chi connectivity index (χ2n) is 5.06. The number of anilines is 1. The largest absolute Gasteiger partial charge is 0.323 e. The van der Waals surface area contributed by atoms with E-state index in [1.807, 2.05) is 24.3 Å². The Labute approximate surface area is 109 Å². The van der Waals surface area contributed by atoms with Gasteiger partial charge >= 0.3 is 0 Å². The number of nitrogens with one attached hydrogen (secondary N) is 1. The number of hydrogen-bond acceptors (Lipinski definition) is 4. The van der Waals surface area contributed by atoms with Crippen LogP contribution in [-0.2, 0) is 16.6 Å². The smallest absolute Gasteiger partial charge is 0.238 e. The van der Waals surface area contributed by atoms with Crippen molar-refractivity contribution in [1.82, 2.24) is 9.97 Å². The molecule has 0 bridgehead atoms. The van der Waals surface area contributed by atoms with Gasteiger partial charge in [-0.3, -0.25) is 4.79 Å². The Kier molecular flexibility index (Phi) is 1.90. The van der Waals surface area contributed by atoms with E-state index in [-0.39, 0.29) is 11.9 Å². The van der Waals surface area contributed by atoms with Gasteiger partial charge in [0, 0.05) is 17.8 Å². The van der Waals surface area contributed by atoms with Crippen molar-refractivity contribution in [3.63, 3.8) is 0 Å². The number of carbonyl (C=O) groups excluding carboxylic acids is 1. The van der Waals surface area contributed by atoms with Crippen LogP contribution in [0.2, 0.25) is 0 Å². The average Bonchev–Trinajstić information content (AvgIpc) is 2.89. The Balaban J connectivity index is 1.96. The molecule has 5 nitrogen and oxygen atoms in total. The molecule has 0 radical (unpaired) electrons. The molecule has 3 N–H and O–H groups in total. The van der Waals surface area contributed by atoms with Crippen molar-refractivity contribution in [3.05, 3.63) is 53.5 Å². The summed E-state index contributed by atoms with van der Waals surface area (Å²) in [5.41, 5.74) is 8.60. The summed E-state index contributed by atoms with van der Waals surface area (Å²) in [7, 11) is 0. The fraction of sp³-hybridized carbons (Fsp3) is 0.214. The molecule has 5 heteroatoms. The highest BCUT2D eigenvalue weighted by Gasteiger charge is 2.56. The van der Waals surface area contributed by atoms with E-state index < -0.39 is 5.41 Å². The summed E-state index contributed by atoms with van der Waals surface area (Å²) in [6.45, 7) is 0. The Morgan fingerprint density at radius 3 is 3.05 bits per heavy atom. The Morgan fingerprint density at radius 1 is 1.37 bits per heavy atom. The zero-order chi connectivity index (χ0) is 13.0. The summed E-state index contributed by atoms with van der Waals surface area (Å²) in [4.78, 5) is 20.7. The fourth-order valence-corrected chi connectivity index (χ4v) is 3.26. The third kappa shape index (κ3) is 1.15. The first-order valence-electron chi connectivity index (χ1n) is 6.19. The number of hydrogen-bond donors (Lipinski definition) is 2. The number of benzene rings is 1. The van der Waals surface area contributed by atoms with Gasteiger partial charge in [-0.25, -0.2) is 9.97 Å². The number of amides is 1. The maximum absolute atomic E-state index is 12.5. The standard InChI is InChI=1S/C14H12N4O/c15-11-9-4-2-1-3-8(9)5-14(11)10-6-16-7-17-12(10)18-13(14)19/h1-4,6-7,11H,5,15H2,(H,16,17,18,19). The summed E-state index contributed by atoms with van der Waals surface area (Å²) < 4.78 is 0. The third-order valence-corrected chi connectivity index (χ3v) is 4.22.